The topological polar surface area (TPSA) is 86.7 Å². The van der Waals surface area contributed by atoms with E-state index in [9.17, 15) is 43.2 Å². The van der Waals surface area contributed by atoms with Crippen molar-refractivity contribution in [2.45, 2.75) is 40.4 Å². The third-order valence-electron chi connectivity index (χ3n) is 6.74. The summed E-state index contributed by atoms with van der Waals surface area (Å²) < 4.78 is 145. The zero-order chi connectivity index (χ0) is 34.8. The Kier molecular flexibility index (Phi) is 9.80. The minimum Gasteiger partial charge on any atom is -0.200 e. The van der Waals surface area contributed by atoms with Gasteiger partial charge in [0.2, 0.25) is 0 Å². The van der Waals surface area contributed by atoms with E-state index in [1.54, 1.807) is 24.3 Å². The maximum atomic E-state index is 13.9. The Balaban J connectivity index is 1.84. The first kappa shape index (κ1) is 35.5. The van der Waals surface area contributed by atoms with Crippen molar-refractivity contribution < 1.29 is 50.4 Å². The molecule has 0 radical (unpaired) electrons. The summed E-state index contributed by atoms with van der Waals surface area (Å²) in [6.07, 6.45) is 0. The summed E-state index contributed by atoms with van der Waals surface area (Å²) in [5.74, 6) is 0. The van der Waals surface area contributed by atoms with Crippen LogP contribution in [0.4, 0.5) is 26.3 Å². The second-order valence-electron chi connectivity index (χ2n) is 9.77. The molecule has 0 aliphatic rings. The summed E-state index contributed by atoms with van der Waals surface area (Å²) in [6.45, 7) is 0. The Hall–Kier alpha value is -3.80. The molecule has 0 aliphatic heterocycles. The molecule has 0 saturated carbocycles. The van der Waals surface area contributed by atoms with Gasteiger partial charge in [0.15, 0.2) is 0 Å². The highest BCUT2D eigenvalue weighted by Gasteiger charge is 2.54. The second kappa shape index (κ2) is 13.2. The summed E-state index contributed by atoms with van der Waals surface area (Å²) in [4.78, 5) is 0.0266. The zero-order valence-electron chi connectivity index (χ0n) is 24.2. The molecule has 0 atom stereocenters. The predicted molar refractivity (Wildman–Crippen MR) is 169 cm³/mol. The summed E-state index contributed by atoms with van der Waals surface area (Å²) >= 11 is 0. The maximum absolute atomic E-state index is 13.9. The molecule has 0 amide bonds. The van der Waals surface area contributed by atoms with Crippen molar-refractivity contribution in [1.29, 1.82) is 0 Å². The van der Waals surface area contributed by atoms with E-state index in [1.807, 2.05) is 0 Å². The van der Waals surface area contributed by atoms with Crippen molar-refractivity contribution in [3.63, 3.8) is 0 Å². The molecule has 0 unspecified atom stereocenters. The third-order valence-corrected chi connectivity index (χ3v) is 16.6. The maximum Gasteiger partial charge on any atom is 0.524 e. The third kappa shape index (κ3) is 6.60. The van der Waals surface area contributed by atoms with Gasteiger partial charge in [0, 0.05) is 29.4 Å². The van der Waals surface area contributed by atoms with Gasteiger partial charge in [0.1, 0.15) is 0 Å². The lowest BCUT2D eigenvalue weighted by molar-refractivity contribution is -0.0501. The fourth-order valence-corrected chi connectivity index (χ4v) is 14.2. The Morgan fingerprint density at radius 2 is 0.521 bits per heavy atom. The van der Waals surface area contributed by atoms with Crippen LogP contribution in [0.25, 0.3) is 0 Å². The Labute approximate surface area is 276 Å². The van der Waals surface area contributed by atoms with Crippen LogP contribution in [0.3, 0.4) is 0 Å². The van der Waals surface area contributed by atoms with Crippen molar-refractivity contribution in [1.82, 2.24) is 0 Å². The quantitative estimate of drug-likeness (QED) is 0.105. The molecule has 0 bridgehead atoms. The van der Waals surface area contributed by atoms with Crippen molar-refractivity contribution in [3.8, 4) is 0 Å². The Morgan fingerprint density at radius 3 is 0.708 bits per heavy atom. The van der Waals surface area contributed by atoms with Crippen molar-refractivity contribution in [2.75, 3.05) is 0 Å². The van der Waals surface area contributed by atoms with Crippen LogP contribution < -0.4 is 0 Å². The van der Waals surface area contributed by atoms with Crippen LogP contribution in [0, 0.1) is 0 Å². The molecule has 5 rings (SSSR count). The van der Waals surface area contributed by atoms with Gasteiger partial charge in [-0.15, -0.1) is 0 Å². The van der Waals surface area contributed by atoms with E-state index < -0.39 is 51.9 Å². The van der Waals surface area contributed by atoms with Gasteiger partial charge in [-0.2, -0.15) is 50.4 Å². The number of hydrogen-bond donors (Lipinski definition) is 0. The summed E-state index contributed by atoms with van der Waals surface area (Å²) in [7, 11) is -20.0. The molecular formula is C32H24F6O6S4. The van der Waals surface area contributed by atoms with Gasteiger partial charge in [-0.05, 0) is 93.4 Å². The average molecular weight is 747 g/mol. The monoisotopic (exact) mass is 746 g/mol. The fourth-order valence-electron chi connectivity index (χ4n) is 4.67. The van der Waals surface area contributed by atoms with E-state index in [0.717, 1.165) is 0 Å². The Bertz CT molecular complexity index is 1830. The smallest absolute Gasteiger partial charge is 0.200 e. The van der Waals surface area contributed by atoms with Crippen LogP contribution in [-0.2, 0) is 27.5 Å². The molecule has 5 aromatic carbocycles. The molecular weight excluding hydrogens is 723 g/mol. The summed E-state index contributed by atoms with van der Waals surface area (Å²) in [6, 6.07) is 34.1. The SMILES string of the molecule is O=S(=O)(OS(c1ccccc1)(c1ccccc1)c1ccc(S(OS(=O)(=O)C(F)(F)F)(c2ccccc2)c2ccccc2)cc1)C(F)(F)F. The van der Waals surface area contributed by atoms with Crippen LogP contribution in [0.15, 0.2) is 175 Å². The lowest BCUT2D eigenvalue weighted by Crippen LogP contribution is -2.28. The standard InChI is InChI=1S/C32H24F6O6S4/c33-31(34,35)47(39,40)43-45(25-13-5-1-6-14-25,26-15-7-2-8-16-26)29-21-23-30(24-22-29)46(27-17-9-3-10-18-27,28-19-11-4-12-20-28)44-48(41,42)32(36,37)38/h1-24H. The minimum atomic E-state index is -6.25. The van der Waals surface area contributed by atoms with Crippen LogP contribution in [0.2, 0.25) is 0 Å². The first-order valence-corrected chi connectivity index (χ1v) is 19.5. The van der Waals surface area contributed by atoms with E-state index in [2.05, 4.69) is 0 Å². The van der Waals surface area contributed by atoms with Crippen molar-refractivity contribution >= 4 is 40.9 Å². The predicted octanol–water partition coefficient (Wildman–Crippen LogP) is 9.81. The number of halogens is 6. The summed E-state index contributed by atoms with van der Waals surface area (Å²) in [5.41, 5.74) is -11.6. The van der Waals surface area contributed by atoms with Crippen molar-refractivity contribution in [2.24, 2.45) is 0 Å². The molecule has 0 aliphatic carbocycles. The van der Waals surface area contributed by atoms with E-state index in [1.165, 1.54) is 121 Å². The molecule has 0 N–H and O–H groups in total. The van der Waals surface area contributed by atoms with Gasteiger partial charge >= 0.3 is 31.3 Å². The second-order valence-corrected chi connectivity index (χ2v) is 18.7. The van der Waals surface area contributed by atoms with Crippen LogP contribution >= 0.6 is 20.6 Å². The van der Waals surface area contributed by atoms with Gasteiger partial charge in [-0.1, -0.05) is 72.8 Å². The van der Waals surface area contributed by atoms with Crippen LogP contribution in [-0.4, -0.2) is 27.9 Å². The molecule has 254 valence electrons. The largest absolute Gasteiger partial charge is 0.524 e. The fraction of sp³-hybridized carbons (Fsp3) is 0.0625. The highest BCUT2D eigenvalue weighted by atomic mass is 32.3. The average Bonchev–Trinajstić information content (AvgIpc) is 3.07. The molecule has 0 fully saturated rings. The minimum absolute atomic E-state index is 0.0532. The highest BCUT2D eigenvalue weighted by molar-refractivity contribution is 8.33. The molecule has 6 nitrogen and oxygen atoms in total. The molecule has 0 heterocycles. The van der Waals surface area contributed by atoms with Gasteiger partial charge in [-0.3, -0.25) is 0 Å². The molecule has 5 aromatic rings. The molecule has 0 spiro atoms. The first-order valence-electron chi connectivity index (χ1n) is 13.6. The molecule has 48 heavy (non-hydrogen) atoms. The number of alkyl halides is 6. The summed E-state index contributed by atoms with van der Waals surface area (Å²) in [5, 5.41) is 0. The van der Waals surface area contributed by atoms with Gasteiger partial charge in [0.25, 0.3) is 0 Å². The molecule has 0 saturated heterocycles. The lowest BCUT2D eigenvalue weighted by Gasteiger charge is -2.41. The first-order chi connectivity index (χ1) is 22.5. The normalized spacial score (nSPS) is 14.0. The van der Waals surface area contributed by atoms with E-state index in [-0.39, 0.29) is 29.4 Å². The van der Waals surface area contributed by atoms with Gasteiger partial charge in [0.05, 0.1) is 0 Å². The zero-order valence-corrected chi connectivity index (χ0v) is 27.5. The van der Waals surface area contributed by atoms with Gasteiger partial charge in [-0.25, -0.2) is 0 Å². The van der Waals surface area contributed by atoms with Crippen molar-refractivity contribution in [3.05, 3.63) is 146 Å². The van der Waals surface area contributed by atoms with E-state index >= 15 is 0 Å². The van der Waals surface area contributed by atoms with Gasteiger partial charge < -0.3 is 0 Å². The van der Waals surface area contributed by atoms with Crippen LogP contribution in [0.5, 0.6) is 0 Å². The number of benzene rings is 5. The highest BCUT2D eigenvalue weighted by Crippen LogP contribution is 2.73. The number of hydrogen-bond acceptors (Lipinski definition) is 6. The number of rotatable bonds is 10. The molecule has 16 heteroatoms. The Morgan fingerprint density at radius 1 is 0.333 bits per heavy atom. The van der Waals surface area contributed by atoms with E-state index in [4.69, 9.17) is 7.26 Å². The lowest BCUT2D eigenvalue weighted by atomic mass is 10.3. The van der Waals surface area contributed by atoms with Crippen LogP contribution in [0.1, 0.15) is 0 Å². The molecule has 0 aromatic heterocycles. The van der Waals surface area contributed by atoms with E-state index in [0.29, 0.717) is 0 Å².